The van der Waals surface area contributed by atoms with Gasteiger partial charge >= 0.3 is 0 Å². The van der Waals surface area contributed by atoms with Gasteiger partial charge in [0.25, 0.3) is 0 Å². The molecule has 0 radical (unpaired) electrons. The molecule has 0 N–H and O–H groups in total. The van der Waals surface area contributed by atoms with Crippen LogP contribution >= 0.6 is 38.9 Å². The van der Waals surface area contributed by atoms with E-state index in [1.807, 2.05) is 0 Å². The van der Waals surface area contributed by atoms with Crippen molar-refractivity contribution in [1.29, 1.82) is 0 Å². The zero-order valence-corrected chi connectivity index (χ0v) is 13.3. The Balaban J connectivity index is 1.94. The minimum Gasteiger partial charge on any atom is -0.127 e. The Morgan fingerprint density at radius 1 is 1.22 bits per heavy atom. The van der Waals surface area contributed by atoms with Crippen LogP contribution in [0.5, 0.6) is 0 Å². The van der Waals surface area contributed by atoms with Crippen LogP contribution in [0.25, 0.3) is 0 Å². The number of halogens is 2. The van der Waals surface area contributed by atoms with Crippen molar-refractivity contribution in [3.05, 3.63) is 55.7 Å². The van der Waals surface area contributed by atoms with Crippen molar-refractivity contribution in [2.45, 2.75) is 31.0 Å². The maximum absolute atomic E-state index is 6.15. The third-order valence-corrected chi connectivity index (χ3v) is 6.49. The van der Waals surface area contributed by atoms with Gasteiger partial charge in [-0.25, -0.2) is 0 Å². The standard InChI is InChI=1S/C15H14BrClS/c1-9-7-13(18-15(9)17)14(16)12-6-5-10-3-2-4-11(10)8-12/h5-8,14H,2-4H2,1H3. The largest absolute Gasteiger partial charge is 0.127 e. The monoisotopic (exact) mass is 340 g/mol. The van der Waals surface area contributed by atoms with Gasteiger partial charge < -0.3 is 0 Å². The van der Waals surface area contributed by atoms with Crippen LogP contribution in [0.4, 0.5) is 0 Å². The van der Waals surface area contributed by atoms with Crippen LogP contribution < -0.4 is 0 Å². The van der Waals surface area contributed by atoms with Gasteiger partial charge in [-0.3, -0.25) is 0 Å². The maximum atomic E-state index is 6.15. The quantitative estimate of drug-likeness (QED) is 0.616. The molecule has 1 atom stereocenters. The molecule has 1 aromatic carbocycles. The molecule has 1 unspecified atom stereocenters. The highest BCUT2D eigenvalue weighted by molar-refractivity contribution is 9.09. The average Bonchev–Trinajstić information content (AvgIpc) is 2.95. The summed E-state index contributed by atoms with van der Waals surface area (Å²) in [7, 11) is 0. The summed E-state index contributed by atoms with van der Waals surface area (Å²) in [5.74, 6) is 0. The van der Waals surface area contributed by atoms with Crippen LogP contribution in [0.3, 0.4) is 0 Å². The molecule has 1 aromatic heterocycles. The fraction of sp³-hybridized carbons (Fsp3) is 0.333. The lowest BCUT2D eigenvalue weighted by molar-refractivity contribution is 0.911. The lowest BCUT2D eigenvalue weighted by atomic mass is 10.0. The fourth-order valence-electron chi connectivity index (χ4n) is 2.52. The Bertz CT molecular complexity index is 569. The topological polar surface area (TPSA) is 0 Å². The predicted molar refractivity (Wildman–Crippen MR) is 83.3 cm³/mol. The highest BCUT2D eigenvalue weighted by Gasteiger charge is 2.17. The first kappa shape index (κ1) is 12.7. The van der Waals surface area contributed by atoms with Crippen LogP contribution in [0.2, 0.25) is 4.34 Å². The lowest BCUT2D eigenvalue weighted by Gasteiger charge is -2.10. The lowest BCUT2D eigenvalue weighted by Crippen LogP contribution is -1.92. The van der Waals surface area contributed by atoms with Gasteiger partial charge in [-0.2, -0.15) is 0 Å². The average molecular weight is 342 g/mol. The molecule has 94 valence electrons. The Hall–Kier alpha value is -0.310. The molecule has 18 heavy (non-hydrogen) atoms. The second kappa shape index (κ2) is 4.99. The molecule has 1 aliphatic carbocycles. The van der Waals surface area contributed by atoms with E-state index >= 15 is 0 Å². The van der Waals surface area contributed by atoms with Crippen molar-refractivity contribution in [1.82, 2.24) is 0 Å². The van der Waals surface area contributed by atoms with Crippen LogP contribution in [0, 0.1) is 6.92 Å². The van der Waals surface area contributed by atoms with Crippen molar-refractivity contribution in [3.8, 4) is 0 Å². The smallest absolute Gasteiger partial charge is 0.0960 e. The Morgan fingerprint density at radius 3 is 2.72 bits per heavy atom. The number of aryl methyl sites for hydroxylation is 3. The molecule has 0 aliphatic heterocycles. The highest BCUT2D eigenvalue weighted by atomic mass is 79.9. The number of thiophene rings is 1. The molecule has 3 heteroatoms. The molecule has 3 rings (SSSR count). The van der Waals surface area contributed by atoms with Gasteiger partial charge in [0, 0.05) is 4.88 Å². The molecule has 0 spiro atoms. The minimum atomic E-state index is 0.264. The van der Waals surface area contributed by atoms with Crippen LogP contribution in [0.1, 0.15) is 38.4 Å². The van der Waals surface area contributed by atoms with Gasteiger partial charge in [0.15, 0.2) is 0 Å². The zero-order valence-electron chi connectivity index (χ0n) is 10.2. The SMILES string of the molecule is Cc1cc(C(Br)c2ccc3c(c2)CCC3)sc1Cl. The first-order chi connectivity index (χ1) is 8.65. The molecule has 1 aliphatic rings. The molecule has 0 saturated carbocycles. The van der Waals surface area contributed by atoms with Gasteiger partial charge in [0.1, 0.15) is 0 Å². The molecule has 0 amide bonds. The first-order valence-electron chi connectivity index (χ1n) is 6.17. The van der Waals surface area contributed by atoms with E-state index in [2.05, 4.69) is 47.1 Å². The van der Waals surface area contributed by atoms with Gasteiger partial charge in [-0.15, -0.1) is 11.3 Å². The molecular formula is C15H14BrClS. The Kier molecular flexibility index (Phi) is 3.52. The molecular weight excluding hydrogens is 328 g/mol. The first-order valence-corrected chi connectivity index (χ1v) is 8.28. The van der Waals surface area contributed by atoms with E-state index in [1.54, 1.807) is 11.3 Å². The van der Waals surface area contributed by atoms with E-state index in [0.29, 0.717) is 0 Å². The molecule has 0 bridgehead atoms. The van der Waals surface area contributed by atoms with E-state index in [4.69, 9.17) is 11.6 Å². The number of benzene rings is 1. The summed E-state index contributed by atoms with van der Waals surface area (Å²) in [5, 5.41) is 0. The third kappa shape index (κ3) is 2.26. The van der Waals surface area contributed by atoms with Crippen molar-refractivity contribution in [2.75, 3.05) is 0 Å². The molecule has 0 nitrogen and oxygen atoms in total. The van der Waals surface area contributed by atoms with Gasteiger partial charge in [0.05, 0.1) is 9.16 Å². The summed E-state index contributed by atoms with van der Waals surface area (Å²) in [6.45, 7) is 2.06. The second-order valence-electron chi connectivity index (χ2n) is 4.85. The Morgan fingerprint density at radius 2 is 2.00 bits per heavy atom. The van der Waals surface area contributed by atoms with E-state index in [0.717, 1.165) is 4.34 Å². The zero-order chi connectivity index (χ0) is 12.7. The number of hydrogen-bond acceptors (Lipinski definition) is 1. The molecule has 0 fully saturated rings. The summed E-state index contributed by atoms with van der Waals surface area (Å²) < 4.78 is 0.899. The number of fused-ring (bicyclic) bond motifs is 1. The number of alkyl halides is 1. The van der Waals surface area contributed by atoms with Crippen molar-refractivity contribution >= 4 is 38.9 Å². The normalized spacial score (nSPS) is 15.7. The third-order valence-electron chi connectivity index (χ3n) is 3.54. The van der Waals surface area contributed by atoms with Crippen LogP contribution in [-0.2, 0) is 12.8 Å². The fourth-order valence-corrected chi connectivity index (χ4v) is 4.44. The number of hydrogen-bond donors (Lipinski definition) is 0. The molecule has 0 saturated heterocycles. The van der Waals surface area contributed by atoms with Gasteiger partial charge in [-0.05, 0) is 54.5 Å². The van der Waals surface area contributed by atoms with Gasteiger partial charge in [0.2, 0.25) is 0 Å². The van der Waals surface area contributed by atoms with Gasteiger partial charge in [-0.1, -0.05) is 45.7 Å². The summed E-state index contributed by atoms with van der Waals surface area (Å²) >= 11 is 11.6. The maximum Gasteiger partial charge on any atom is 0.0960 e. The van der Waals surface area contributed by atoms with E-state index in [1.165, 1.54) is 46.4 Å². The van der Waals surface area contributed by atoms with Crippen molar-refractivity contribution in [3.63, 3.8) is 0 Å². The van der Waals surface area contributed by atoms with Crippen molar-refractivity contribution in [2.24, 2.45) is 0 Å². The van der Waals surface area contributed by atoms with E-state index in [9.17, 15) is 0 Å². The highest BCUT2D eigenvalue weighted by Crippen LogP contribution is 2.40. The predicted octanol–water partition coefficient (Wildman–Crippen LogP) is 5.68. The second-order valence-corrected chi connectivity index (χ2v) is 7.45. The minimum absolute atomic E-state index is 0.264. The van der Waals surface area contributed by atoms with Crippen LogP contribution in [0.15, 0.2) is 24.3 Å². The summed E-state index contributed by atoms with van der Waals surface area (Å²) in [4.78, 5) is 1.55. The molecule has 2 aromatic rings. The summed E-state index contributed by atoms with van der Waals surface area (Å²) in [6, 6.07) is 9.06. The van der Waals surface area contributed by atoms with Crippen LogP contribution in [-0.4, -0.2) is 0 Å². The number of rotatable bonds is 2. The summed E-state index contributed by atoms with van der Waals surface area (Å²) in [6.07, 6.45) is 3.77. The van der Waals surface area contributed by atoms with E-state index in [-0.39, 0.29) is 4.83 Å². The Labute approximate surface area is 125 Å². The molecule has 1 heterocycles. The summed E-state index contributed by atoms with van der Waals surface area (Å²) in [5.41, 5.74) is 5.56. The van der Waals surface area contributed by atoms with E-state index < -0.39 is 0 Å². The van der Waals surface area contributed by atoms with Crippen molar-refractivity contribution < 1.29 is 0 Å².